The number of carbonyl (C=O) groups is 1. The van der Waals surface area contributed by atoms with E-state index in [0.717, 1.165) is 5.56 Å². The van der Waals surface area contributed by atoms with Crippen LogP contribution < -0.4 is 4.72 Å². The van der Waals surface area contributed by atoms with E-state index < -0.39 is 10.0 Å². The van der Waals surface area contributed by atoms with Crippen LogP contribution in [0.5, 0.6) is 0 Å². The number of aryl methyl sites for hydroxylation is 1. The number of nitrogens with zero attached hydrogens (tertiary/aromatic N) is 2. The van der Waals surface area contributed by atoms with Gasteiger partial charge in [-0.3, -0.25) is 9.52 Å². The van der Waals surface area contributed by atoms with Gasteiger partial charge in [0.15, 0.2) is 5.82 Å². The van der Waals surface area contributed by atoms with Crippen LogP contribution in [0.25, 0.3) is 0 Å². The minimum absolute atomic E-state index is 0.0465. The molecule has 0 atom stereocenters. The third-order valence-electron chi connectivity index (χ3n) is 3.50. The fraction of sp³-hybridized carbons (Fsp3) is 0.0556. The van der Waals surface area contributed by atoms with Gasteiger partial charge in [0.25, 0.3) is 10.0 Å². The van der Waals surface area contributed by atoms with Crippen LogP contribution in [0.3, 0.4) is 0 Å². The molecule has 0 aliphatic heterocycles. The van der Waals surface area contributed by atoms with Crippen LogP contribution in [0.2, 0.25) is 0 Å². The third-order valence-corrected chi connectivity index (χ3v) is 4.87. The Kier molecular flexibility index (Phi) is 4.58. The van der Waals surface area contributed by atoms with Crippen LogP contribution in [0.15, 0.2) is 71.6 Å². The molecule has 0 saturated carbocycles. The van der Waals surface area contributed by atoms with Gasteiger partial charge in [0, 0.05) is 5.56 Å². The molecule has 3 rings (SSSR count). The van der Waals surface area contributed by atoms with E-state index in [1.807, 2.05) is 13.0 Å². The Morgan fingerprint density at radius 3 is 2.16 bits per heavy atom. The van der Waals surface area contributed by atoms with Gasteiger partial charge in [0.05, 0.1) is 4.90 Å². The molecule has 0 unspecified atom stereocenters. The van der Waals surface area contributed by atoms with E-state index in [9.17, 15) is 13.2 Å². The van der Waals surface area contributed by atoms with E-state index in [0.29, 0.717) is 5.56 Å². The molecule has 2 aromatic carbocycles. The molecule has 0 amide bonds. The lowest BCUT2D eigenvalue weighted by Gasteiger charge is -2.07. The second-order valence-electron chi connectivity index (χ2n) is 5.42. The summed E-state index contributed by atoms with van der Waals surface area (Å²) in [6.45, 7) is 1.87. The average Bonchev–Trinajstić information content (AvgIpc) is 2.62. The third kappa shape index (κ3) is 3.89. The van der Waals surface area contributed by atoms with Crippen molar-refractivity contribution in [1.82, 2.24) is 10.2 Å². The Bertz CT molecular complexity index is 984. The predicted octanol–water partition coefficient (Wildman–Crippen LogP) is 2.82. The van der Waals surface area contributed by atoms with Gasteiger partial charge in [-0.05, 0) is 31.2 Å². The summed E-state index contributed by atoms with van der Waals surface area (Å²) in [5.41, 5.74) is 1.59. The molecular formula is C18H15N3O3S. The number of sulfonamides is 1. The molecule has 0 fully saturated rings. The second kappa shape index (κ2) is 6.82. The van der Waals surface area contributed by atoms with E-state index in [1.165, 1.54) is 24.3 Å². The highest BCUT2D eigenvalue weighted by molar-refractivity contribution is 7.92. The Morgan fingerprint density at radius 2 is 1.56 bits per heavy atom. The zero-order valence-electron chi connectivity index (χ0n) is 13.4. The van der Waals surface area contributed by atoms with Gasteiger partial charge < -0.3 is 0 Å². The van der Waals surface area contributed by atoms with Crippen LogP contribution in [-0.4, -0.2) is 24.4 Å². The molecule has 0 saturated heterocycles. The highest BCUT2D eigenvalue weighted by Crippen LogP contribution is 2.15. The number of hydrogen-bond acceptors (Lipinski definition) is 5. The normalized spacial score (nSPS) is 11.1. The SMILES string of the molecule is Cc1ccc(S(=O)(=O)Nc2ccc(C(=O)c3ccccc3)nn2)cc1. The van der Waals surface area contributed by atoms with E-state index in [4.69, 9.17) is 0 Å². The highest BCUT2D eigenvalue weighted by Gasteiger charge is 2.16. The molecule has 3 aromatic rings. The fourth-order valence-electron chi connectivity index (χ4n) is 2.16. The first-order valence-corrected chi connectivity index (χ1v) is 8.97. The molecule has 6 nitrogen and oxygen atoms in total. The summed E-state index contributed by atoms with van der Waals surface area (Å²) in [6.07, 6.45) is 0. The molecule has 0 spiro atoms. The number of ketones is 1. The number of rotatable bonds is 5. The largest absolute Gasteiger partial charge is 0.287 e. The number of anilines is 1. The smallest absolute Gasteiger partial charge is 0.263 e. The van der Waals surface area contributed by atoms with Gasteiger partial charge in [-0.1, -0.05) is 48.0 Å². The first kappa shape index (κ1) is 16.8. The maximum Gasteiger partial charge on any atom is 0.263 e. The molecule has 1 aromatic heterocycles. The topological polar surface area (TPSA) is 89.0 Å². The zero-order valence-corrected chi connectivity index (χ0v) is 14.2. The quantitative estimate of drug-likeness (QED) is 0.713. The van der Waals surface area contributed by atoms with Crippen molar-refractivity contribution < 1.29 is 13.2 Å². The summed E-state index contributed by atoms with van der Waals surface area (Å²) in [6, 6.07) is 18.0. The van der Waals surface area contributed by atoms with Crippen molar-refractivity contribution in [3.63, 3.8) is 0 Å². The Labute approximate surface area is 145 Å². The van der Waals surface area contributed by atoms with Crippen molar-refractivity contribution in [2.45, 2.75) is 11.8 Å². The lowest BCUT2D eigenvalue weighted by atomic mass is 10.1. The van der Waals surface area contributed by atoms with Crippen LogP contribution >= 0.6 is 0 Å². The molecule has 1 N–H and O–H groups in total. The summed E-state index contributed by atoms with van der Waals surface area (Å²) in [4.78, 5) is 12.4. The molecular weight excluding hydrogens is 338 g/mol. The van der Waals surface area contributed by atoms with Crippen molar-refractivity contribution in [1.29, 1.82) is 0 Å². The van der Waals surface area contributed by atoms with Crippen molar-refractivity contribution in [2.75, 3.05) is 4.72 Å². The van der Waals surface area contributed by atoms with Gasteiger partial charge in [-0.25, -0.2) is 8.42 Å². The van der Waals surface area contributed by atoms with E-state index in [1.54, 1.807) is 36.4 Å². The van der Waals surface area contributed by atoms with Crippen molar-refractivity contribution >= 4 is 21.6 Å². The Hall–Kier alpha value is -3.06. The highest BCUT2D eigenvalue weighted by atomic mass is 32.2. The Balaban J connectivity index is 1.79. The summed E-state index contributed by atoms with van der Waals surface area (Å²) in [5.74, 6) is -0.230. The van der Waals surface area contributed by atoms with Gasteiger partial charge in [-0.2, -0.15) is 0 Å². The molecule has 0 radical (unpaired) electrons. The van der Waals surface area contributed by atoms with E-state index in [-0.39, 0.29) is 22.2 Å². The van der Waals surface area contributed by atoms with Gasteiger partial charge >= 0.3 is 0 Å². The maximum absolute atomic E-state index is 12.3. The minimum atomic E-state index is -3.75. The number of hydrogen-bond donors (Lipinski definition) is 1. The van der Waals surface area contributed by atoms with Crippen molar-refractivity contribution in [3.05, 3.63) is 83.6 Å². The van der Waals surface area contributed by atoms with Crippen LogP contribution in [-0.2, 0) is 10.0 Å². The second-order valence-corrected chi connectivity index (χ2v) is 7.10. The molecule has 126 valence electrons. The van der Waals surface area contributed by atoms with Gasteiger partial charge in [0.1, 0.15) is 5.69 Å². The average molecular weight is 353 g/mol. The minimum Gasteiger partial charge on any atom is -0.287 e. The monoisotopic (exact) mass is 353 g/mol. The number of nitrogens with one attached hydrogen (secondary N) is 1. The first-order chi connectivity index (χ1) is 12.0. The number of carbonyl (C=O) groups excluding carboxylic acids is 1. The van der Waals surface area contributed by atoms with Crippen LogP contribution in [0.1, 0.15) is 21.6 Å². The lowest BCUT2D eigenvalue weighted by Crippen LogP contribution is -2.15. The molecule has 0 aliphatic rings. The summed E-state index contributed by atoms with van der Waals surface area (Å²) in [5, 5.41) is 7.61. The summed E-state index contributed by atoms with van der Waals surface area (Å²) < 4.78 is 27.0. The van der Waals surface area contributed by atoms with Crippen LogP contribution in [0.4, 0.5) is 5.82 Å². The van der Waals surface area contributed by atoms with Crippen molar-refractivity contribution in [3.8, 4) is 0 Å². The lowest BCUT2D eigenvalue weighted by molar-refractivity contribution is 0.103. The fourth-order valence-corrected chi connectivity index (χ4v) is 3.16. The first-order valence-electron chi connectivity index (χ1n) is 7.49. The predicted molar refractivity (Wildman–Crippen MR) is 93.9 cm³/mol. The Morgan fingerprint density at radius 1 is 0.880 bits per heavy atom. The molecule has 0 bridgehead atoms. The molecule has 0 aliphatic carbocycles. The maximum atomic E-state index is 12.3. The zero-order chi connectivity index (χ0) is 17.9. The molecule has 1 heterocycles. The van der Waals surface area contributed by atoms with E-state index >= 15 is 0 Å². The van der Waals surface area contributed by atoms with Crippen LogP contribution in [0, 0.1) is 6.92 Å². The molecule has 7 heteroatoms. The summed E-state index contributed by atoms with van der Waals surface area (Å²) in [7, 11) is -3.75. The number of aromatic nitrogens is 2. The standard InChI is InChI=1S/C18H15N3O3S/c1-13-7-9-15(10-8-13)25(23,24)21-17-12-11-16(19-20-17)18(22)14-5-3-2-4-6-14/h2-12H,1H3,(H,20,21). The van der Waals surface area contributed by atoms with Crippen molar-refractivity contribution in [2.24, 2.45) is 0 Å². The molecule has 25 heavy (non-hydrogen) atoms. The van der Waals surface area contributed by atoms with Gasteiger partial charge in [-0.15, -0.1) is 10.2 Å². The number of benzene rings is 2. The van der Waals surface area contributed by atoms with E-state index in [2.05, 4.69) is 14.9 Å². The van der Waals surface area contributed by atoms with Gasteiger partial charge in [0.2, 0.25) is 5.78 Å². The summed E-state index contributed by atoms with van der Waals surface area (Å²) >= 11 is 0.